The summed E-state index contributed by atoms with van der Waals surface area (Å²) in [6, 6.07) is 12.9. The number of ether oxygens (including phenoxy) is 2. The van der Waals surface area contributed by atoms with Crippen molar-refractivity contribution < 1.29 is 23.8 Å². The first-order valence-electron chi connectivity index (χ1n) is 12.9. The molecule has 2 aromatic carbocycles. The Morgan fingerprint density at radius 1 is 1.24 bits per heavy atom. The first-order chi connectivity index (χ1) is 19.5. The highest BCUT2D eigenvalue weighted by Gasteiger charge is 2.36. The average Bonchev–Trinajstić information content (AvgIpc) is 3.49. The van der Waals surface area contributed by atoms with Gasteiger partial charge in [-0.3, -0.25) is 4.90 Å². The summed E-state index contributed by atoms with van der Waals surface area (Å²) >= 11 is 7.87. The highest BCUT2D eigenvalue weighted by atomic mass is 35.5. The number of carbonyl (C=O) groups excluding carboxylic acids is 1. The molecule has 0 saturated carbocycles. The fraction of sp³-hybridized carbons (Fsp3) is 0.300. The second-order valence-corrected chi connectivity index (χ2v) is 12.0. The fourth-order valence-electron chi connectivity index (χ4n) is 4.25. The molecule has 0 spiro atoms. The van der Waals surface area contributed by atoms with E-state index in [9.17, 15) is 14.3 Å². The zero-order chi connectivity index (χ0) is 29.1. The fourth-order valence-corrected chi connectivity index (χ4v) is 5.40. The molecule has 0 radical (unpaired) electrons. The lowest BCUT2D eigenvalue weighted by atomic mass is 10.2. The minimum Gasteiger partial charge on any atom is -0.487 e. The number of aromatic nitrogens is 2. The van der Waals surface area contributed by atoms with Gasteiger partial charge in [0.05, 0.1) is 38.8 Å². The largest absolute Gasteiger partial charge is 0.487 e. The molecule has 0 bridgehead atoms. The molecule has 2 N–H and O–H groups in total. The van der Waals surface area contributed by atoms with E-state index in [-0.39, 0.29) is 19.0 Å². The van der Waals surface area contributed by atoms with Gasteiger partial charge in [0.2, 0.25) is 0 Å². The van der Waals surface area contributed by atoms with Gasteiger partial charge in [0.15, 0.2) is 5.82 Å². The van der Waals surface area contributed by atoms with Crippen LogP contribution >= 0.6 is 22.9 Å². The topological polar surface area (TPSA) is 96.8 Å². The first kappa shape index (κ1) is 28.6. The Hall–Kier alpha value is -3.91. The van der Waals surface area contributed by atoms with Crippen LogP contribution < -0.4 is 10.1 Å². The normalized spacial score (nSPS) is 16.8. The predicted octanol–water partition coefficient (Wildman–Crippen LogP) is 6.53. The molecule has 1 aliphatic heterocycles. The maximum absolute atomic E-state index is 13.4. The number of aliphatic hydroxyl groups is 1. The number of likely N-dealkylation sites (tertiary alicyclic amines) is 1. The second-order valence-electron chi connectivity index (χ2n) is 10.5. The van der Waals surface area contributed by atoms with Crippen LogP contribution in [0.15, 0.2) is 54.9 Å². The monoisotopic (exact) mass is 594 g/mol. The summed E-state index contributed by atoms with van der Waals surface area (Å²) in [6.07, 6.45) is 0.665. The van der Waals surface area contributed by atoms with Crippen LogP contribution in [-0.4, -0.2) is 50.4 Å². The Balaban J connectivity index is 1.30. The van der Waals surface area contributed by atoms with E-state index in [4.69, 9.17) is 21.1 Å². The van der Waals surface area contributed by atoms with Gasteiger partial charge in [0, 0.05) is 12.1 Å². The van der Waals surface area contributed by atoms with E-state index in [1.807, 2.05) is 12.1 Å². The summed E-state index contributed by atoms with van der Waals surface area (Å²) in [5.41, 5.74) is 1.47. The van der Waals surface area contributed by atoms with Crippen molar-refractivity contribution in [1.29, 1.82) is 0 Å². The molecule has 2 atom stereocenters. The van der Waals surface area contributed by atoms with Crippen molar-refractivity contribution in [2.75, 3.05) is 11.9 Å². The molecule has 1 saturated heterocycles. The molecular formula is C30H28ClFN4O4S. The lowest BCUT2D eigenvalue weighted by Gasteiger charge is -2.26. The van der Waals surface area contributed by atoms with Crippen molar-refractivity contribution in [2.45, 2.75) is 51.5 Å². The van der Waals surface area contributed by atoms with Crippen molar-refractivity contribution >= 4 is 50.8 Å². The summed E-state index contributed by atoms with van der Waals surface area (Å²) in [4.78, 5) is 23.6. The smallest absolute Gasteiger partial charge is 0.411 e. The van der Waals surface area contributed by atoms with Gasteiger partial charge in [0.1, 0.15) is 30.1 Å². The van der Waals surface area contributed by atoms with Crippen LogP contribution in [0.25, 0.3) is 10.2 Å². The molecule has 1 fully saturated rings. The molecular weight excluding hydrogens is 567 g/mol. The van der Waals surface area contributed by atoms with Crippen LogP contribution in [0.5, 0.6) is 5.75 Å². The zero-order valence-electron chi connectivity index (χ0n) is 22.6. The third-order valence-electron chi connectivity index (χ3n) is 6.06. The lowest BCUT2D eigenvalue weighted by molar-refractivity contribution is 0.0239. The summed E-state index contributed by atoms with van der Waals surface area (Å²) in [5, 5.41) is 13.8. The van der Waals surface area contributed by atoms with Crippen molar-refractivity contribution in [3.8, 4) is 17.6 Å². The Kier molecular flexibility index (Phi) is 8.31. The number of aliphatic hydroxyl groups excluding tert-OH is 1. The summed E-state index contributed by atoms with van der Waals surface area (Å²) in [5.74, 6) is 6.99. The van der Waals surface area contributed by atoms with Crippen LogP contribution in [0.4, 0.5) is 20.7 Å². The standard InChI is InChI=1S/C30H28ClFN4O4S/c1-30(2,3)40-29(38)36-15-22(37)13-21(36)8-9-23-14-25-27(41-23)28(34-17-33-25)35-20-7-10-26(24(31)12-20)39-16-18-5-4-6-19(32)11-18/h4-7,10-12,14,17,21-22,37H,13,15-16H2,1-3H3,(H,33,34,35)/t21-,22+/m0/s1. The number of β-amino-alcohol motifs (C(OH)–C–C–N with tert-alkyl or cyclic N) is 1. The molecule has 3 heterocycles. The summed E-state index contributed by atoms with van der Waals surface area (Å²) in [7, 11) is 0. The average molecular weight is 595 g/mol. The highest BCUT2D eigenvalue weighted by Crippen LogP contribution is 2.33. The van der Waals surface area contributed by atoms with Crippen molar-refractivity contribution in [3.63, 3.8) is 0 Å². The van der Waals surface area contributed by atoms with Crippen molar-refractivity contribution in [2.24, 2.45) is 0 Å². The van der Waals surface area contributed by atoms with Gasteiger partial charge in [-0.2, -0.15) is 0 Å². The first-order valence-corrected chi connectivity index (χ1v) is 14.1. The number of thiophene rings is 1. The van der Waals surface area contributed by atoms with Gasteiger partial charge in [-0.1, -0.05) is 35.6 Å². The third kappa shape index (κ3) is 7.24. The number of benzene rings is 2. The predicted molar refractivity (Wildman–Crippen MR) is 157 cm³/mol. The van der Waals surface area contributed by atoms with Gasteiger partial charge < -0.3 is 19.9 Å². The van der Waals surface area contributed by atoms with E-state index >= 15 is 0 Å². The van der Waals surface area contributed by atoms with Crippen LogP contribution in [0.2, 0.25) is 5.02 Å². The van der Waals surface area contributed by atoms with Crippen molar-refractivity contribution in [1.82, 2.24) is 14.9 Å². The molecule has 1 amide bonds. The minimum atomic E-state index is -0.657. The molecule has 41 heavy (non-hydrogen) atoms. The van der Waals surface area contributed by atoms with Crippen LogP contribution in [0, 0.1) is 17.7 Å². The summed E-state index contributed by atoms with van der Waals surface area (Å²) < 4.78 is 25.5. The number of amides is 1. The number of hydrogen-bond acceptors (Lipinski definition) is 8. The molecule has 1 aliphatic rings. The molecule has 11 heteroatoms. The number of rotatable bonds is 5. The lowest BCUT2D eigenvalue weighted by Crippen LogP contribution is -2.39. The van der Waals surface area contributed by atoms with Crippen LogP contribution in [0.1, 0.15) is 37.6 Å². The van der Waals surface area contributed by atoms with E-state index in [0.717, 1.165) is 9.58 Å². The third-order valence-corrected chi connectivity index (χ3v) is 7.40. The minimum absolute atomic E-state index is 0.178. The second kappa shape index (κ2) is 11.9. The van der Waals surface area contributed by atoms with Gasteiger partial charge in [-0.05, 0) is 62.7 Å². The maximum atomic E-state index is 13.4. The Morgan fingerprint density at radius 3 is 2.83 bits per heavy atom. The van der Waals surface area contributed by atoms with Crippen LogP contribution in [0.3, 0.4) is 0 Å². The summed E-state index contributed by atoms with van der Waals surface area (Å²) in [6.45, 7) is 5.76. The van der Waals surface area contributed by atoms with Gasteiger partial charge in [-0.15, -0.1) is 11.3 Å². The highest BCUT2D eigenvalue weighted by molar-refractivity contribution is 7.20. The van der Waals surface area contributed by atoms with E-state index in [0.29, 0.717) is 39.8 Å². The molecule has 212 valence electrons. The number of fused-ring (bicyclic) bond motifs is 1. The van der Waals surface area contributed by atoms with Gasteiger partial charge in [-0.25, -0.2) is 19.2 Å². The number of anilines is 2. The number of nitrogens with zero attached hydrogens (tertiary/aromatic N) is 3. The Morgan fingerprint density at radius 2 is 2.07 bits per heavy atom. The molecule has 8 nitrogen and oxygen atoms in total. The number of halogens is 2. The molecule has 5 rings (SSSR count). The molecule has 4 aromatic rings. The van der Waals surface area contributed by atoms with Gasteiger partial charge >= 0.3 is 6.09 Å². The van der Waals surface area contributed by atoms with E-state index in [1.54, 1.807) is 45.0 Å². The van der Waals surface area contributed by atoms with E-state index in [1.165, 1.54) is 34.7 Å². The molecule has 0 aliphatic carbocycles. The quantitative estimate of drug-likeness (QED) is 0.254. The van der Waals surface area contributed by atoms with Crippen molar-refractivity contribution in [3.05, 3.63) is 76.1 Å². The van der Waals surface area contributed by atoms with E-state index < -0.39 is 23.8 Å². The Labute approximate surface area is 246 Å². The Bertz CT molecular complexity index is 1640. The molecule has 2 aromatic heterocycles. The maximum Gasteiger partial charge on any atom is 0.411 e. The SMILES string of the molecule is CC(C)(C)OC(=O)N1C[C@H](O)C[C@@H]1C#Cc1cc2ncnc(Nc3ccc(OCc4cccc(F)c4)c(Cl)c3)c2s1. The van der Waals surface area contributed by atoms with Gasteiger partial charge in [0.25, 0.3) is 0 Å². The molecule has 0 unspecified atom stereocenters. The number of nitrogens with one attached hydrogen (secondary N) is 1. The number of hydrogen-bond donors (Lipinski definition) is 2. The number of carbonyl (C=O) groups is 1. The zero-order valence-corrected chi connectivity index (χ0v) is 24.2. The van der Waals surface area contributed by atoms with E-state index in [2.05, 4.69) is 27.1 Å². The van der Waals surface area contributed by atoms with Crippen LogP contribution in [-0.2, 0) is 11.3 Å².